The fourth-order valence-electron chi connectivity index (χ4n) is 3.08. The summed E-state index contributed by atoms with van der Waals surface area (Å²) in [5, 5.41) is 4.01. The summed E-state index contributed by atoms with van der Waals surface area (Å²) < 4.78 is 25.5. The van der Waals surface area contributed by atoms with Gasteiger partial charge >= 0.3 is 0 Å². The number of thiazole rings is 1. The lowest BCUT2D eigenvalue weighted by Crippen LogP contribution is -2.23. The maximum absolute atomic E-state index is 12.8. The molecule has 0 atom stereocenters. The van der Waals surface area contributed by atoms with Crippen molar-refractivity contribution in [2.24, 2.45) is 0 Å². The third kappa shape index (κ3) is 3.96. The van der Waals surface area contributed by atoms with Crippen molar-refractivity contribution in [3.8, 4) is 11.3 Å². The van der Waals surface area contributed by atoms with Crippen LogP contribution in [0.25, 0.3) is 16.8 Å². The quantitative estimate of drug-likeness (QED) is 0.489. The van der Waals surface area contributed by atoms with Crippen LogP contribution in [0.2, 0.25) is 5.02 Å². The molecule has 1 amide bonds. The van der Waals surface area contributed by atoms with Gasteiger partial charge < -0.3 is 5.32 Å². The summed E-state index contributed by atoms with van der Waals surface area (Å²) in [4.78, 5) is 22.5. The first kappa shape index (κ1) is 20.5. The highest BCUT2D eigenvalue weighted by Gasteiger charge is 2.23. The standard InChI is InChI=1S/C20H17ClN4O3S2/c1-12-17(13-6-8-14(21)9-7-13)23-16(29-12)11-22-19(26)18-15-5-3-4-10-25(15)20(24-18)30(2,27)28/h3-10H,11H2,1-2H3,(H,22,26). The predicted octanol–water partition coefficient (Wildman–Crippen LogP) is 3.75. The molecule has 3 aromatic heterocycles. The van der Waals surface area contributed by atoms with E-state index in [4.69, 9.17) is 11.6 Å². The molecule has 3 heterocycles. The number of aromatic nitrogens is 3. The van der Waals surface area contributed by atoms with E-state index in [2.05, 4.69) is 15.3 Å². The number of nitrogens with zero attached hydrogens (tertiary/aromatic N) is 3. The van der Waals surface area contributed by atoms with Crippen molar-refractivity contribution in [1.82, 2.24) is 19.7 Å². The average Bonchev–Trinajstić information content (AvgIpc) is 3.27. The average molecular weight is 461 g/mol. The third-order valence-corrected chi connectivity index (χ3v) is 6.60. The summed E-state index contributed by atoms with van der Waals surface area (Å²) in [7, 11) is -3.59. The SMILES string of the molecule is Cc1sc(CNC(=O)c2nc(S(C)(=O)=O)n3ccccc23)nc1-c1ccc(Cl)cc1. The fourth-order valence-corrected chi connectivity index (χ4v) is 4.87. The molecule has 0 saturated carbocycles. The molecule has 0 bridgehead atoms. The van der Waals surface area contributed by atoms with Gasteiger partial charge in [0.2, 0.25) is 15.0 Å². The lowest BCUT2D eigenvalue weighted by molar-refractivity contribution is 0.0947. The van der Waals surface area contributed by atoms with Crippen molar-refractivity contribution in [1.29, 1.82) is 0 Å². The van der Waals surface area contributed by atoms with Crippen LogP contribution in [0.3, 0.4) is 0 Å². The molecule has 0 unspecified atom stereocenters. The van der Waals surface area contributed by atoms with Crippen molar-refractivity contribution < 1.29 is 13.2 Å². The maximum Gasteiger partial charge on any atom is 0.272 e. The fraction of sp³-hybridized carbons (Fsp3) is 0.150. The first-order chi connectivity index (χ1) is 14.2. The monoisotopic (exact) mass is 460 g/mol. The molecule has 1 N–H and O–H groups in total. The van der Waals surface area contributed by atoms with E-state index < -0.39 is 15.7 Å². The van der Waals surface area contributed by atoms with E-state index in [1.807, 2.05) is 19.1 Å². The van der Waals surface area contributed by atoms with Crippen LogP contribution in [-0.4, -0.2) is 34.9 Å². The number of halogens is 1. The number of aryl methyl sites for hydroxylation is 1. The third-order valence-electron chi connectivity index (χ3n) is 4.42. The Hall–Kier alpha value is -2.75. The minimum absolute atomic E-state index is 0.0576. The van der Waals surface area contributed by atoms with Crippen LogP contribution in [-0.2, 0) is 16.4 Å². The van der Waals surface area contributed by atoms with Crippen LogP contribution >= 0.6 is 22.9 Å². The number of carbonyl (C=O) groups excluding carboxylic acids is 1. The molecular formula is C20H17ClN4O3S2. The van der Waals surface area contributed by atoms with Gasteiger partial charge in [-0.1, -0.05) is 29.8 Å². The van der Waals surface area contributed by atoms with Crippen LogP contribution in [0.5, 0.6) is 0 Å². The molecule has 4 aromatic rings. The van der Waals surface area contributed by atoms with Crippen LogP contribution < -0.4 is 5.32 Å². The second-order valence-electron chi connectivity index (χ2n) is 6.67. The summed E-state index contributed by atoms with van der Waals surface area (Å²) in [6.45, 7) is 2.17. The van der Waals surface area contributed by atoms with Gasteiger partial charge in [-0.15, -0.1) is 11.3 Å². The van der Waals surface area contributed by atoms with E-state index in [1.165, 1.54) is 15.7 Å². The molecular weight excluding hydrogens is 444 g/mol. The summed E-state index contributed by atoms with van der Waals surface area (Å²) in [5.41, 5.74) is 2.27. The number of rotatable bonds is 5. The summed E-state index contributed by atoms with van der Waals surface area (Å²) in [6.07, 6.45) is 2.63. The number of pyridine rings is 1. The van der Waals surface area contributed by atoms with E-state index in [0.717, 1.165) is 27.4 Å². The molecule has 4 rings (SSSR count). The molecule has 0 aliphatic rings. The molecule has 1 aromatic carbocycles. The van der Waals surface area contributed by atoms with Crippen molar-refractivity contribution in [2.75, 3.05) is 6.26 Å². The largest absolute Gasteiger partial charge is 0.344 e. The Labute approximate surface area is 182 Å². The highest BCUT2D eigenvalue weighted by molar-refractivity contribution is 7.90. The maximum atomic E-state index is 12.8. The summed E-state index contributed by atoms with van der Waals surface area (Å²) in [5.74, 6) is -0.463. The minimum atomic E-state index is -3.59. The minimum Gasteiger partial charge on any atom is -0.344 e. The highest BCUT2D eigenvalue weighted by Crippen LogP contribution is 2.28. The smallest absolute Gasteiger partial charge is 0.272 e. The van der Waals surface area contributed by atoms with E-state index in [1.54, 1.807) is 36.5 Å². The van der Waals surface area contributed by atoms with Crippen molar-refractivity contribution in [2.45, 2.75) is 18.6 Å². The van der Waals surface area contributed by atoms with Gasteiger partial charge in [0.25, 0.3) is 5.91 Å². The topological polar surface area (TPSA) is 93.4 Å². The van der Waals surface area contributed by atoms with Crippen LogP contribution in [0.4, 0.5) is 0 Å². The predicted molar refractivity (Wildman–Crippen MR) is 117 cm³/mol. The van der Waals surface area contributed by atoms with Crippen LogP contribution in [0.1, 0.15) is 20.4 Å². The second-order valence-corrected chi connectivity index (χ2v) is 10.3. The van der Waals surface area contributed by atoms with E-state index >= 15 is 0 Å². The Kier molecular flexibility index (Phi) is 5.35. The number of amides is 1. The molecule has 0 spiro atoms. The Morgan fingerprint density at radius 3 is 2.60 bits per heavy atom. The first-order valence-corrected chi connectivity index (χ1v) is 12.0. The Bertz CT molecular complexity index is 1360. The lowest BCUT2D eigenvalue weighted by Gasteiger charge is -2.01. The van der Waals surface area contributed by atoms with Gasteiger partial charge in [0.1, 0.15) is 5.01 Å². The zero-order chi connectivity index (χ0) is 21.5. The zero-order valence-corrected chi connectivity index (χ0v) is 18.5. The normalized spacial score (nSPS) is 11.7. The first-order valence-electron chi connectivity index (χ1n) is 8.91. The van der Waals surface area contributed by atoms with E-state index in [-0.39, 0.29) is 17.4 Å². The summed E-state index contributed by atoms with van der Waals surface area (Å²) in [6, 6.07) is 12.5. The number of benzene rings is 1. The van der Waals surface area contributed by atoms with Gasteiger partial charge in [-0.2, -0.15) is 0 Å². The molecule has 0 fully saturated rings. The molecule has 10 heteroatoms. The van der Waals surface area contributed by atoms with Gasteiger partial charge in [-0.05, 0) is 31.2 Å². The van der Waals surface area contributed by atoms with Crippen molar-refractivity contribution >= 4 is 44.2 Å². The number of nitrogens with one attached hydrogen (secondary N) is 1. The van der Waals surface area contributed by atoms with Gasteiger partial charge in [0.05, 0.1) is 17.8 Å². The van der Waals surface area contributed by atoms with Gasteiger partial charge in [0.15, 0.2) is 5.69 Å². The van der Waals surface area contributed by atoms with Crippen LogP contribution in [0, 0.1) is 6.92 Å². The number of fused-ring (bicyclic) bond motifs is 1. The number of sulfone groups is 1. The van der Waals surface area contributed by atoms with E-state index in [0.29, 0.717) is 10.5 Å². The van der Waals surface area contributed by atoms with Crippen molar-refractivity contribution in [3.05, 3.63) is 69.3 Å². The van der Waals surface area contributed by atoms with Gasteiger partial charge in [-0.3, -0.25) is 9.20 Å². The van der Waals surface area contributed by atoms with Crippen LogP contribution in [0.15, 0.2) is 53.8 Å². The Morgan fingerprint density at radius 2 is 1.90 bits per heavy atom. The number of hydrogen-bond donors (Lipinski definition) is 1. The lowest BCUT2D eigenvalue weighted by atomic mass is 10.1. The molecule has 30 heavy (non-hydrogen) atoms. The molecule has 0 aliphatic heterocycles. The Balaban J connectivity index is 1.58. The van der Waals surface area contributed by atoms with Gasteiger partial charge in [-0.25, -0.2) is 18.4 Å². The zero-order valence-electron chi connectivity index (χ0n) is 16.1. The van der Waals surface area contributed by atoms with Gasteiger partial charge in [0, 0.05) is 27.9 Å². The summed E-state index contributed by atoms with van der Waals surface area (Å²) >= 11 is 7.43. The molecule has 154 valence electrons. The molecule has 7 nitrogen and oxygen atoms in total. The van der Waals surface area contributed by atoms with Crippen molar-refractivity contribution in [3.63, 3.8) is 0 Å². The highest BCUT2D eigenvalue weighted by atomic mass is 35.5. The second kappa shape index (κ2) is 7.82. The molecule has 0 saturated heterocycles. The Morgan fingerprint density at radius 1 is 1.17 bits per heavy atom. The number of imidazole rings is 1. The molecule has 0 radical (unpaired) electrons. The number of hydrogen-bond acceptors (Lipinski definition) is 6. The number of carbonyl (C=O) groups is 1. The van der Waals surface area contributed by atoms with E-state index in [9.17, 15) is 13.2 Å². The molecule has 0 aliphatic carbocycles.